The van der Waals surface area contributed by atoms with E-state index in [1.165, 1.54) is 35.1 Å². The maximum atomic E-state index is 14.1. The SMILES string of the molecule is COc1ccc(N2CCN(C(=O)c3nn4c(C(F)(F)F)cc(C5CC5)cc4c3Cl)CC2=O)cc1F. The van der Waals surface area contributed by atoms with E-state index in [9.17, 15) is 27.2 Å². The fraction of sp³-hybridized carbons (Fsp3) is 0.348. The van der Waals surface area contributed by atoms with Crippen LogP contribution in [0.3, 0.4) is 0 Å². The molecule has 1 aliphatic carbocycles. The Morgan fingerprint density at radius 1 is 1.17 bits per heavy atom. The van der Waals surface area contributed by atoms with E-state index in [-0.39, 0.29) is 47.5 Å². The van der Waals surface area contributed by atoms with Crippen molar-refractivity contribution in [3.8, 4) is 5.75 Å². The molecule has 0 unspecified atom stereocenters. The van der Waals surface area contributed by atoms with Crippen LogP contribution in [0.4, 0.5) is 23.2 Å². The van der Waals surface area contributed by atoms with Crippen LogP contribution in [0.15, 0.2) is 30.3 Å². The van der Waals surface area contributed by atoms with Crippen molar-refractivity contribution in [3.05, 3.63) is 58.1 Å². The highest BCUT2D eigenvalue weighted by Gasteiger charge is 2.38. The van der Waals surface area contributed by atoms with Gasteiger partial charge in [0.2, 0.25) is 5.91 Å². The Bertz CT molecular complexity index is 1350. The van der Waals surface area contributed by atoms with Gasteiger partial charge >= 0.3 is 6.18 Å². The Hall–Kier alpha value is -3.34. The minimum atomic E-state index is -4.70. The van der Waals surface area contributed by atoms with Crippen molar-refractivity contribution in [3.63, 3.8) is 0 Å². The predicted molar refractivity (Wildman–Crippen MR) is 118 cm³/mol. The molecule has 1 saturated carbocycles. The summed E-state index contributed by atoms with van der Waals surface area (Å²) in [5, 5.41) is 3.69. The molecule has 2 amide bonds. The summed E-state index contributed by atoms with van der Waals surface area (Å²) >= 11 is 6.35. The lowest BCUT2D eigenvalue weighted by Gasteiger charge is -2.34. The normalized spacial score (nSPS) is 16.8. The van der Waals surface area contributed by atoms with Crippen molar-refractivity contribution < 1.29 is 31.9 Å². The third kappa shape index (κ3) is 4.18. The Morgan fingerprint density at radius 2 is 1.91 bits per heavy atom. The zero-order valence-corrected chi connectivity index (χ0v) is 19.2. The molecule has 184 valence electrons. The maximum absolute atomic E-state index is 14.1. The van der Waals surface area contributed by atoms with Crippen LogP contribution in [-0.4, -0.2) is 53.1 Å². The molecule has 2 fully saturated rings. The number of fused-ring (bicyclic) bond motifs is 1. The number of methoxy groups -OCH3 is 1. The van der Waals surface area contributed by atoms with E-state index in [2.05, 4.69) is 5.10 Å². The highest BCUT2D eigenvalue weighted by atomic mass is 35.5. The van der Waals surface area contributed by atoms with Crippen molar-refractivity contribution in [2.75, 3.05) is 31.6 Å². The van der Waals surface area contributed by atoms with Crippen molar-refractivity contribution in [1.82, 2.24) is 14.5 Å². The molecule has 0 atom stereocenters. The number of carbonyl (C=O) groups excluding carboxylic acids is 2. The Balaban J connectivity index is 1.42. The summed E-state index contributed by atoms with van der Waals surface area (Å²) in [5.41, 5.74) is -0.581. The van der Waals surface area contributed by atoms with Gasteiger partial charge in [-0.3, -0.25) is 9.59 Å². The second-order valence-electron chi connectivity index (χ2n) is 8.50. The van der Waals surface area contributed by atoms with Gasteiger partial charge in [0.1, 0.15) is 12.2 Å². The number of nitrogens with zero attached hydrogens (tertiary/aromatic N) is 4. The number of hydrogen-bond acceptors (Lipinski definition) is 4. The zero-order chi connectivity index (χ0) is 25.1. The number of piperazine rings is 1. The van der Waals surface area contributed by atoms with Gasteiger partial charge in [-0.1, -0.05) is 11.6 Å². The molecular formula is C23H19ClF4N4O3. The standard InChI is InChI=1S/C23H19ClF4N4O3/c1-35-17-5-4-14(10-15(17)25)31-7-6-30(11-19(31)33)22(34)21-20(24)16-8-13(12-2-3-12)9-18(23(26,27)28)32(16)29-21/h4-5,8-10,12H,2-3,6-7,11H2,1H3. The molecule has 7 nitrogen and oxygen atoms in total. The first-order chi connectivity index (χ1) is 16.6. The largest absolute Gasteiger partial charge is 0.494 e. The molecule has 5 rings (SSSR count). The summed E-state index contributed by atoms with van der Waals surface area (Å²) in [4.78, 5) is 28.4. The number of benzene rings is 1. The Morgan fingerprint density at radius 3 is 2.51 bits per heavy atom. The smallest absolute Gasteiger partial charge is 0.433 e. The van der Waals surface area contributed by atoms with Gasteiger partial charge in [-0.2, -0.15) is 18.3 Å². The monoisotopic (exact) mass is 510 g/mol. The maximum Gasteiger partial charge on any atom is 0.433 e. The van der Waals surface area contributed by atoms with Gasteiger partial charge in [0, 0.05) is 24.8 Å². The number of ether oxygens (including phenoxy) is 1. The van der Waals surface area contributed by atoms with Gasteiger partial charge in [-0.25, -0.2) is 8.91 Å². The molecule has 3 heterocycles. The number of anilines is 1. The molecule has 2 aliphatic rings. The van der Waals surface area contributed by atoms with Gasteiger partial charge in [0.05, 0.1) is 17.6 Å². The van der Waals surface area contributed by atoms with Gasteiger partial charge in [-0.15, -0.1) is 0 Å². The van der Waals surface area contributed by atoms with E-state index >= 15 is 0 Å². The average molecular weight is 511 g/mol. The van der Waals surface area contributed by atoms with E-state index in [0.717, 1.165) is 25.0 Å². The fourth-order valence-corrected chi connectivity index (χ4v) is 4.48. The summed E-state index contributed by atoms with van der Waals surface area (Å²) in [7, 11) is 1.32. The minimum absolute atomic E-state index is 0.00888. The lowest BCUT2D eigenvalue weighted by molar-refractivity contribution is -0.142. The lowest BCUT2D eigenvalue weighted by Crippen LogP contribution is -2.52. The minimum Gasteiger partial charge on any atom is -0.494 e. The number of aromatic nitrogens is 2. The molecule has 1 aliphatic heterocycles. The predicted octanol–water partition coefficient (Wildman–Crippen LogP) is 4.52. The fourth-order valence-electron chi connectivity index (χ4n) is 4.22. The van der Waals surface area contributed by atoms with Crippen molar-refractivity contribution in [2.45, 2.75) is 24.9 Å². The molecule has 0 N–H and O–H groups in total. The van der Waals surface area contributed by atoms with E-state index in [0.29, 0.717) is 15.8 Å². The quantitative estimate of drug-likeness (QED) is 0.484. The van der Waals surface area contributed by atoms with Crippen LogP contribution in [0.1, 0.15) is 40.5 Å². The first-order valence-corrected chi connectivity index (χ1v) is 11.2. The molecule has 35 heavy (non-hydrogen) atoms. The molecule has 2 aromatic heterocycles. The molecule has 12 heteroatoms. The third-order valence-electron chi connectivity index (χ3n) is 6.19. The van der Waals surface area contributed by atoms with Gasteiger partial charge < -0.3 is 14.5 Å². The molecule has 0 bridgehead atoms. The van der Waals surface area contributed by atoms with Crippen LogP contribution in [-0.2, 0) is 11.0 Å². The van der Waals surface area contributed by atoms with E-state index in [1.807, 2.05) is 0 Å². The third-order valence-corrected chi connectivity index (χ3v) is 6.57. The molecular weight excluding hydrogens is 492 g/mol. The van der Waals surface area contributed by atoms with Gasteiger partial charge in [-0.05, 0) is 48.6 Å². The Labute approximate surface area is 201 Å². The molecule has 3 aromatic rings. The molecule has 1 aromatic carbocycles. The number of alkyl halides is 3. The van der Waals surface area contributed by atoms with Crippen LogP contribution >= 0.6 is 11.6 Å². The summed E-state index contributed by atoms with van der Waals surface area (Å²) in [6, 6.07) is 6.63. The van der Waals surface area contributed by atoms with E-state index in [4.69, 9.17) is 16.3 Å². The topological polar surface area (TPSA) is 67.2 Å². The first kappa shape index (κ1) is 23.4. The number of hydrogen-bond donors (Lipinski definition) is 0. The second kappa shape index (κ2) is 8.40. The van der Waals surface area contributed by atoms with Crippen LogP contribution < -0.4 is 9.64 Å². The van der Waals surface area contributed by atoms with Crippen LogP contribution in [0, 0.1) is 5.82 Å². The summed E-state index contributed by atoms with van der Waals surface area (Å²) in [6.45, 7) is -0.251. The van der Waals surface area contributed by atoms with Crippen LogP contribution in [0.5, 0.6) is 5.75 Å². The highest BCUT2D eigenvalue weighted by molar-refractivity contribution is 6.36. The van der Waals surface area contributed by atoms with Crippen LogP contribution in [0.2, 0.25) is 5.02 Å². The van der Waals surface area contributed by atoms with Gasteiger partial charge in [0.15, 0.2) is 17.3 Å². The summed E-state index contributed by atoms with van der Waals surface area (Å²) in [5.74, 6) is -1.83. The first-order valence-electron chi connectivity index (χ1n) is 10.8. The van der Waals surface area contributed by atoms with E-state index in [1.54, 1.807) is 0 Å². The molecule has 0 radical (unpaired) electrons. The summed E-state index contributed by atoms with van der Waals surface area (Å²) < 4.78 is 60.8. The molecule has 0 spiro atoms. The highest BCUT2D eigenvalue weighted by Crippen LogP contribution is 2.43. The number of pyridine rings is 1. The van der Waals surface area contributed by atoms with Gasteiger partial charge in [0.25, 0.3) is 5.91 Å². The molecule has 1 saturated heterocycles. The Kier molecular flexibility index (Phi) is 5.62. The van der Waals surface area contributed by atoms with E-state index < -0.39 is 29.5 Å². The van der Waals surface area contributed by atoms with Crippen LogP contribution in [0.25, 0.3) is 5.52 Å². The second-order valence-corrected chi connectivity index (χ2v) is 8.87. The lowest BCUT2D eigenvalue weighted by atomic mass is 10.1. The summed E-state index contributed by atoms with van der Waals surface area (Å²) in [6.07, 6.45) is -3.13. The number of amides is 2. The average Bonchev–Trinajstić information content (AvgIpc) is 3.61. The number of rotatable bonds is 4. The van der Waals surface area contributed by atoms with Crippen molar-refractivity contribution in [1.29, 1.82) is 0 Å². The number of halogens is 5. The number of carbonyl (C=O) groups is 2. The van der Waals surface area contributed by atoms with Crippen molar-refractivity contribution >= 4 is 34.6 Å². The van der Waals surface area contributed by atoms with Crippen molar-refractivity contribution in [2.24, 2.45) is 0 Å². The zero-order valence-electron chi connectivity index (χ0n) is 18.4.